The molecule has 0 radical (unpaired) electrons. The topological polar surface area (TPSA) is 80.6 Å². The van der Waals surface area contributed by atoms with Crippen LogP contribution in [0.4, 0.5) is 11.5 Å². The highest BCUT2D eigenvalue weighted by molar-refractivity contribution is 5.95. The fraction of sp³-hybridized carbons (Fsp3) is 0.444. The molecule has 180 valence electrons. The summed E-state index contributed by atoms with van der Waals surface area (Å²) >= 11 is 0. The maximum absolute atomic E-state index is 9.51. The van der Waals surface area contributed by atoms with Gasteiger partial charge in [-0.3, -0.25) is 9.88 Å². The van der Waals surface area contributed by atoms with Crippen LogP contribution in [0.3, 0.4) is 0 Å². The number of nitrogens with one attached hydrogen (secondary N) is 1. The number of piperazine rings is 1. The van der Waals surface area contributed by atoms with Gasteiger partial charge in [0.25, 0.3) is 0 Å². The molecular formula is C27H31N7O. The van der Waals surface area contributed by atoms with E-state index in [1.165, 1.54) is 11.3 Å². The Morgan fingerprint density at radius 2 is 1.97 bits per heavy atom. The first-order valence-electron chi connectivity index (χ1n) is 12.5. The minimum atomic E-state index is 0.100. The molecule has 2 aromatic heterocycles. The van der Waals surface area contributed by atoms with Crippen molar-refractivity contribution in [2.24, 2.45) is 0 Å². The van der Waals surface area contributed by atoms with Gasteiger partial charge >= 0.3 is 0 Å². The van der Waals surface area contributed by atoms with Crippen molar-refractivity contribution < 1.29 is 4.74 Å². The van der Waals surface area contributed by atoms with E-state index in [0.29, 0.717) is 5.56 Å². The zero-order valence-corrected chi connectivity index (χ0v) is 20.2. The molecule has 0 spiro atoms. The highest BCUT2D eigenvalue weighted by Crippen LogP contribution is 2.31. The van der Waals surface area contributed by atoms with Gasteiger partial charge in [-0.05, 0) is 42.8 Å². The zero-order valence-electron chi connectivity index (χ0n) is 20.2. The predicted octanol–water partition coefficient (Wildman–Crippen LogP) is 2.52. The number of hydrogen-bond donors (Lipinski definition) is 1. The molecule has 6 rings (SSSR count). The Morgan fingerprint density at radius 1 is 1.09 bits per heavy atom. The molecule has 3 aliphatic rings. The number of hydrogen-bond acceptors (Lipinski definition) is 8. The van der Waals surface area contributed by atoms with Crippen LogP contribution in [0.25, 0.3) is 10.9 Å². The molecule has 8 nitrogen and oxygen atoms in total. The highest BCUT2D eigenvalue weighted by Gasteiger charge is 2.31. The number of rotatable bonds is 4. The summed E-state index contributed by atoms with van der Waals surface area (Å²) in [6, 6.07) is 14.7. The lowest BCUT2D eigenvalue weighted by molar-refractivity contribution is -0.0329. The lowest BCUT2D eigenvalue weighted by Crippen LogP contribution is -2.50. The van der Waals surface area contributed by atoms with Gasteiger partial charge in [0.15, 0.2) is 0 Å². The maximum Gasteiger partial charge on any atom is 0.128 e. The van der Waals surface area contributed by atoms with Crippen LogP contribution in [-0.2, 0) is 17.8 Å². The first-order valence-corrected chi connectivity index (χ1v) is 12.5. The first kappa shape index (κ1) is 22.2. The normalized spacial score (nSPS) is 22.9. The smallest absolute Gasteiger partial charge is 0.128 e. The van der Waals surface area contributed by atoms with Crippen molar-refractivity contribution in [3.8, 4) is 6.07 Å². The van der Waals surface area contributed by atoms with E-state index in [0.717, 1.165) is 81.3 Å². The molecule has 2 fully saturated rings. The summed E-state index contributed by atoms with van der Waals surface area (Å²) in [6.45, 7) is 10.5. The standard InChI is InChI=1S/C27H31N7O/c1-19-14-34(25-6-4-20(13-28)27-23(25)3-2-8-30-27)17-22(35-19)16-32-15-21-5-7-26(31-24(21)18-32)33-11-9-29-10-12-33/h2-8,19,22,29H,9-12,14-18H2,1H3/t19-,22+/m1/s1. The lowest BCUT2D eigenvalue weighted by atomic mass is 10.1. The van der Waals surface area contributed by atoms with Gasteiger partial charge in [0, 0.05) is 76.2 Å². The van der Waals surface area contributed by atoms with Gasteiger partial charge in [-0.15, -0.1) is 0 Å². The van der Waals surface area contributed by atoms with Gasteiger partial charge in [-0.1, -0.05) is 6.07 Å². The summed E-state index contributed by atoms with van der Waals surface area (Å²) < 4.78 is 6.39. The summed E-state index contributed by atoms with van der Waals surface area (Å²) in [5, 5.41) is 13.9. The highest BCUT2D eigenvalue weighted by atomic mass is 16.5. The van der Waals surface area contributed by atoms with Crippen LogP contribution >= 0.6 is 0 Å². The van der Waals surface area contributed by atoms with Crippen molar-refractivity contribution in [1.82, 2.24) is 20.2 Å². The third-order valence-corrected chi connectivity index (χ3v) is 7.26. The third kappa shape index (κ3) is 4.43. The van der Waals surface area contributed by atoms with E-state index in [1.54, 1.807) is 6.20 Å². The van der Waals surface area contributed by atoms with E-state index in [-0.39, 0.29) is 12.2 Å². The van der Waals surface area contributed by atoms with Gasteiger partial charge in [0.05, 0.1) is 29.0 Å². The molecule has 0 aliphatic carbocycles. The van der Waals surface area contributed by atoms with Crippen molar-refractivity contribution in [3.05, 3.63) is 59.4 Å². The van der Waals surface area contributed by atoms with Crippen molar-refractivity contribution >= 4 is 22.4 Å². The molecule has 2 saturated heterocycles. The number of nitriles is 1. The molecule has 3 aromatic rings. The number of morpholine rings is 1. The molecular weight excluding hydrogens is 438 g/mol. The van der Waals surface area contributed by atoms with Crippen LogP contribution in [-0.4, -0.2) is 72.9 Å². The number of aromatic nitrogens is 2. The van der Waals surface area contributed by atoms with Crippen molar-refractivity contribution in [2.45, 2.75) is 32.2 Å². The van der Waals surface area contributed by atoms with E-state index in [1.807, 2.05) is 12.1 Å². The quantitative estimate of drug-likeness (QED) is 0.625. The van der Waals surface area contributed by atoms with E-state index in [2.05, 4.69) is 62.3 Å². The number of pyridine rings is 2. The Kier molecular flexibility index (Phi) is 5.98. The second-order valence-electron chi connectivity index (χ2n) is 9.80. The van der Waals surface area contributed by atoms with E-state index in [9.17, 15) is 5.26 Å². The van der Waals surface area contributed by atoms with Gasteiger partial charge < -0.3 is 19.9 Å². The number of anilines is 2. The maximum atomic E-state index is 9.51. The number of ether oxygens (including phenoxy) is 1. The molecule has 2 atom stereocenters. The Balaban J connectivity index is 1.17. The van der Waals surface area contributed by atoms with Crippen molar-refractivity contribution in [2.75, 3.05) is 55.6 Å². The van der Waals surface area contributed by atoms with Crippen LogP contribution in [0.2, 0.25) is 0 Å². The summed E-state index contributed by atoms with van der Waals surface area (Å²) in [6.07, 6.45) is 1.98. The molecule has 5 heterocycles. The zero-order chi connectivity index (χ0) is 23.8. The van der Waals surface area contributed by atoms with Crippen LogP contribution in [0.1, 0.15) is 23.7 Å². The average Bonchev–Trinajstić information content (AvgIpc) is 3.29. The van der Waals surface area contributed by atoms with E-state index >= 15 is 0 Å². The molecule has 0 saturated carbocycles. The predicted molar refractivity (Wildman–Crippen MR) is 136 cm³/mol. The van der Waals surface area contributed by atoms with Gasteiger partial charge in [0.1, 0.15) is 11.9 Å². The molecule has 0 unspecified atom stereocenters. The van der Waals surface area contributed by atoms with Crippen LogP contribution in [0.15, 0.2) is 42.6 Å². The number of benzene rings is 1. The minimum Gasteiger partial charge on any atom is -0.370 e. The Morgan fingerprint density at radius 3 is 2.83 bits per heavy atom. The van der Waals surface area contributed by atoms with Crippen LogP contribution in [0, 0.1) is 11.3 Å². The summed E-state index contributed by atoms with van der Waals surface area (Å²) in [4.78, 5) is 16.7. The summed E-state index contributed by atoms with van der Waals surface area (Å²) in [5.74, 6) is 1.10. The molecule has 1 N–H and O–H groups in total. The Hall–Kier alpha value is -3.25. The van der Waals surface area contributed by atoms with Gasteiger partial charge in [0.2, 0.25) is 0 Å². The summed E-state index contributed by atoms with van der Waals surface area (Å²) in [5.41, 5.74) is 5.04. The molecule has 35 heavy (non-hydrogen) atoms. The Bertz CT molecular complexity index is 1270. The second-order valence-corrected chi connectivity index (χ2v) is 9.80. The van der Waals surface area contributed by atoms with Crippen molar-refractivity contribution in [3.63, 3.8) is 0 Å². The fourth-order valence-corrected chi connectivity index (χ4v) is 5.66. The first-order chi connectivity index (χ1) is 17.2. The van der Waals surface area contributed by atoms with Crippen LogP contribution in [0.5, 0.6) is 0 Å². The largest absolute Gasteiger partial charge is 0.370 e. The monoisotopic (exact) mass is 469 g/mol. The van der Waals surface area contributed by atoms with E-state index < -0.39 is 0 Å². The molecule has 0 bridgehead atoms. The lowest BCUT2D eigenvalue weighted by Gasteiger charge is -2.40. The van der Waals surface area contributed by atoms with Crippen molar-refractivity contribution in [1.29, 1.82) is 5.26 Å². The Labute approximate surface area is 206 Å². The third-order valence-electron chi connectivity index (χ3n) is 7.26. The van der Waals surface area contributed by atoms with E-state index in [4.69, 9.17) is 9.72 Å². The fourth-order valence-electron chi connectivity index (χ4n) is 5.66. The molecule has 1 aromatic carbocycles. The number of fused-ring (bicyclic) bond motifs is 2. The minimum absolute atomic E-state index is 0.100. The number of nitrogens with zero attached hydrogens (tertiary/aromatic N) is 6. The second kappa shape index (κ2) is 9.42. The molecule has 3 aliphatic heterocycles. The molecule has 0 amide bonds. The van der Waals surface area contributed by atoms with Gasteiger partial charge in [-0.25, -0.2) is 4.98 Å². The van der Waals surface area contributed by atoms with Crippen LogP contribution < -0.4 is 15.1 Å². The van der Waals surface area contributed by atoms with Gasteiger partial charge in [-0.2, -0.15) is 5.26 Å². The summed E-state index contributed by atoms with van der Waals surface area (Å²) in [7, 11) is 0. The molecule has 8 heteroatoms. The SMILES string of the molecule is C[C@@H]1CN(c2ccc(C#N)c3ncccc23)C[C@H](CN2Cc3ccc(N4CCNCC4)nc3C2)O1. The average molecular weight is 470 g/mol.